The molecule has 0 aliphatic heterocycles. The number of hydrogen-bond donors (Lipinski definition) is 4. The predicted molar refractivity (Wildman–Crippen MR) is 63.5 cm³/mol. The zero-order valence-corrected chi connectivity index (χ0v) is 9.51. The van der Waals surface area contributed by atoms with E-state index in [-0.39, 0.29) is 30.6 Å². The third kappa shape index (κ3) is 3.58. The minimum absolute atomic E-state index is 0.155. The highest BCUT2D eigenvalue weighted by atomic mass is 16.5. The number of nitrogens with zero attached hydrogens (tertiary/aromatic N) is 1. The smallest absolute Gasteiger partial charge is 0.252 e. The molecule has 0 fully saturated rings. The number of aromatic nitrogens is 1. The molecule has 0 spiro atoms. The van der Waals surface area contributed by atoms with Crippen LogP contribution in [0.3, 0.4) is 0 Å². The molecule has 1 aromatic rings. The van der Waals surface area contributed by atoms with Crippen LogP contribution in [0, 0.1) is 0 Å². The first-order chi connectivity index (χ1) is 8.08. The van der Waals surface area contributed by atoms with Gasteiger partial charge in [-0.05, 0) is 6.07 Å². The van der Waals surface area contributed by atoms with E-state index < -0.39 is 5.91 Å². The van der Waals surface area contributed by atoms with E-state index in [1.165, 1.54) is 19.4 Å². The molecule has 1 atom stereocenters. The maximum absolute atomic E-state index is 11.2. The Kier molecular flexibility index (Phi) is 4.68. The average molecular weight is 240 g/mol. The number of anilines is 2. The minimum Gasteiger partial charge on any atom is -0.397 e. The lowest BCUT2D eigenvalue weighted by Gasteiger charge is -2.17. The van der Waals surface area contributed by atoms with Crippen molar-refractivity contribution < 1.29 is 14.6 Å². The summed E-state index contributed by atoms with van der Waals surface area (Å²) in [6.07, 6.45) is 1.40. The van der Waals surface area contributed by atoms with Gasteiger partial charge >= 0.3 is 0 Å². The van der Waals surface area contributed by atoms with Crippen molar-refractivity contribution in [2.75, 3.05) is 31.4 Å². The first-order valence-electron chi connectivity index (χ1n) is 5.00. The first-order valence-corrected chi connectivity index (χ1v) is 5.00. The molecule has 1 unspecified atom stereocenters. The van der Waals surface area contributed by atoms with Gasteiger partial charge in [0.25, 0.3) is 5.91 Å². The van der Waals surface area contributed by atoms with Crippen LogP contribution < -0.4 is 16.8 Å². The van der Waals surface area contributed by atoms with Crippen molar-refractivity contribution in [3.05, 3.63) is 17.8 Å². The molecule has 1 amide bonds. The number of amides is 1. The van der Waals surface area contributed by atoms with Gasteiger partial charge < -0.3 is 26.6 Å². The molecule has 0 aromatic carbocycles. The van der Waals surface area contributed by atoms with Crippen molar-refractivity contribution in [1.29, 1.82) is 0 Å². The van der Waals surface area contributed by atoms with Crippen LogP contribution in [0.15, 0.2) is 12.3 Å². The van der Waals surface area contributed by atoms with Crippen molar-refractivity contribution in [1.82, 2.24) is 4.98 Å². The number of carbonyl (C=O) groups excluding carboxylic acids is 1. The lowest BCUT2D eigenvalue weighted by Crippen LogP contribution is -2.30. The summed E-state index contributed by atoms with van der Waals surface area (Å²) >= 11 is 0. The van der Waals surface area contributed by atoms with E-state index in [0.717, 1.165) is 0 Å². The molecule has 7 heteroatoms. The largest absolute Gasteiger partial charge is 0.397 e. The van der Waals surface area contributed by atoms with Crippen LogP contribution in [-0.4, -0.2) is 42.4 Å². The second-order valence-electron chi connectivity index (χ2n) is 3.51. The molecule has 6 N–H and O–H groups in total. The van der Waals surface area contributed by atoms with Gasteiger partial charge in [-0.15, -0.1) is 0 Å². The van der Waals surface area contributed by atoms with E-state index in [2.05, 4.69) is 10.3 Å². The van der Waals surface area contributed by atoms with Gasteiger partial charge in [-0.25, -0.2) is 4.98 Å². The summed E-state index contributed by atoms with van der Waals surface area (Å²) in [6, 6.07) is 1.06. The quantitative estimate of drug-likeness (QED) is 0.515. The topological polar surface area (TPSA) is 123 Å². The highest BCUT2D eigenvalue weighted by Crippen LogP contribution is 2.15. The number of methoxy groups -OCH3 is 1. The zero-order chi connectivity index (χ0) is 12.8. The SMILES string of the molecule is COCC(CO)Nc1ncc(N)cc1C(N)=O. The Bertz CT molecular complexity index is 397. The number of nitrogen functional groups attached to an aromatic ring is 1. The Hall–Kier alpha value is -1.86. The van der Waals surface area contributed by atoms with Gasteiger partial charge in [0.1, 0.15) is 5.82 Å². The molecule has 1 aromatic heterocycles. The minimum atomic E-state index is -0.638. The third-order valence-electron chi connectivity index (χ3n) is 2.10. The van der Waals surface area contributed by atoms with Crippen LogP contribution in [0.4, 0.5) is 11.5 Å². The second-order valence-corrected chi connectivity index (χ2v) is 3.51. The van der Waals surface area contributed by atoms with Crippen molar-refractivity contribution in [3.8, 4) is 0 Å². The lowest BCUT2D eigenvalue weighted by molar-refractivity contribution is 0.1000. The van der Waals surface area contributed by atoms with Crippen molar-refractivity contribution in [3.63, 3.8) is 0 Å². The summed E-state index contributed by atoms with van der Waals surface area (Å²) in [7, 11) is 1.51. The molecule has 0 aliphatic carbocycles. The van der Waals surface area contributed by atoms with Crippen molar-refractivity contribution >= 4 is 17.4 Å². The summed E-state index contributed by atoms with van der Waals surface area (Å²) in [5.41, 5.74) is 11.2. The number of nitrogens with one attached hydrogen (secondary N) is 1. The van der Waals surface area contributed by atoms with Crippen LogP contribution in [0.25, 0.3) is 0 Å². The fourth-order valence-corrected chi connectivity index (χ4v) is 1.32. The van der Waals surface area contributed by atoms with Gasteiger partial charge in [-0.1, -0.05) is 0 Å². The molecule has 1 heterocycles. The third-order valence-corrected chi connectivity index (χ3v) is 2.10. The van der Waals surface area contributed by atoms with Gasteiger partial charge in [-0.2, -0.15) is 0 Å². The van der Waals surface area contributed by atoms with Gasteiger partial charge in [0, 0.05) is 7.11 Å². The maximum atomic E-state index is 11.2. The second kappa shape index (κ2) is 6.02. The summed E-state index contributed by atoms with van der Waals surface area (Å²) < 4.78 is 4.90. The normalized spacial score (nSPS) is 12.1. The Morgan fingerprint density at radius 3 is 2.94 bits per heavy atom. The summed E-state index contributed by atoms with van der Waals surface area (Å²) in [5, 5.41) is 12.0. The number of primary amides is 1. The molecular weight excluding hydrogens is 224 g/mol. The summed E-state index contributed by atoms with van der Waals surface area (Å²) in [6.45, 7) is 0.124. The van der Waals surface area contributed by atoms with Gasteiger partial charge in [0.05, 0.1) is 36.7 Å². The Morgan fingerprint density at radius 2 is 2.41 bits per heavy atom. The lowest BCUT2D eigenvalue weighted by atomic mass is 10.2. The zero-order valence-electron chi connectivity index (χ0n) is 9.51. The van der Waals surface area contributed by atoms with E-state index in [1.807, 2.05) is 0 Å². The molecule has 1 rings (SSSR count). The molecule has 0 saturated heterocycles. The molecule has 94 valence electrons. The number of ether oxygens (including phenoxy) is 1. The summed E-state index contributed by atoms with van der Waals surface area (Å²) in [5.74, 6) is -0.357. The van der Waals surface area contributed by atoms with Crippen molar-refractivity contribution in [2.24, 2.45) is 5.73 Å². The number of rotatable bonds is 6. The number of aliphatic hydroxyl groups is 1. The molecule has 0 bridgehead atoms. The molecule has 17 heavy (non-hydrogen) atoms. The predicted octanol–water partition coefficient (Wildman–Crippen LogP) is -0.818. The number of hydrogen-bond acceptors (Lipinski definition) is 6. The number of aliphatic hydroxyl groups excluding tert-OH is 1. The Labute approximate surface area is 98.8 Å². The van der Waals surface area contributed by atoms with Gasteiger partial charge in [-0.3, -0.25) is 4.79 Å². The number of pyridine rings is 1. The molecule has 0 aliphatic rings. The molecule has 0 radical (unpaired) electrons. The fourth-order valence-electron chi connectivity index (χ4n) is 1.32. The van der Waals surface area contributed by atoms with E-state index >= 15 is 0 Å². The summed E-state index contributed by atoms with van der Waals surface area (Å²) in [4.78, 5) is 15.2. The van der Waals surface area contributed by atoms with E-state index in [9.17, 15) is 4.79 Å². The Balaban J connectivity index is 2.92. The molecular formula is C10H16N4O3. The molecule has 0 saturated carbocycles. The van der Waals surface area contributed by atoms with Crippen LogP contribution in [0.5, 0.6) is 0 Å². The van der Waals surface area contributed by atoms with Crippen molar-refractivity contribution in [2.45, 2.75) is 6.04 Å². The standard InChI is InChI=1S/C10H16N4O3/c1-17-5-7(4-15)14-10-8(9(12)16)2-6(11)3-13-10/h2-3,7,15H,4-5,11H2,1H3,(H2,12,16)(H,13,14). The van der Waals surface area contributed by atoms with E-state index in [1.54, 1.807) is 0 Å². The highest BCUT2D eigenvalue weighted by Gasteiger charge is 2.14. The van der Waals surface area contributed by atoms with Gasteiger partial charge in [0.2, 0.25) is 0 Å². The first kappa shape index (κ1) is 13.2. The number of nitrogens with two attached hydrogens (primary N) is 2. The van der Waals surface area contributed by atoms with Crippen LogP contribution in [-0.2, 0) is 4.74 Å². The van der Waals surface area contributed by atoms with Crippen LogP contribution >= 0.6 is 0 Å². The van der Waals surface area contributed by atoms with E-state index in [0.29, 0.717) is 5.69 Å². The van der Waals surface area contributed by atoms with Crippen LogP contribution in [0.2, 0.25) is 0 Å². The van der Waals surface area contributed by atoms with E-state index in [4.69, 9.17) is 21.3 Å². The monoisotopic (exact) mass is 240 g/mol. The average Bonchev–Trinajstić information content (AvgIpc) is 2.30. The fraction of sp³-hybridized carbons (Fsp3) is 0.400. The van der Waals surface area contributed by atoms with Gasteiger partial charge in [0.15, 0.2) is 0 Å². The Morgan fingerprint density at radius 1 is 1.71 bits per heavy atom. The highest BCUT2D eigenvalue weighted by molar-refractivity contribution is 5.98. The molecule has 7 nitrogen and oxygen atoms in total. The maximum Gasteiger partial charge on any atom is 0.252 e. The van der Waals surface area contributed by atoms with Crippen LogP contribution in [0.1, 0.15) is 10.4 Å². The number of carbonyl (C=O) groups is 1.